The molecular formula is C30H29NO6. The number of carbonyl (C=O) groups excluding carboxylic acids is 2. The third kappa shape index (κ3) is 3.90. The van der Waals surface area contributed by atoms with Gasteiger partial charge in [0.05, 0.1) is 5.92 Å². The predicted molar refractivity (Wildman–Crippen MR) is 138 cm³/mol. The molecule has 0 N–H and O–H groups in total. The summed E-state index contributed by atoms with van der Waals surface area (Å²) in [6.45, 7) is 3.48. The molecule has 6 rings (SSSR count). The molecule has 5 unspecified atom stereocenters. The van der Waals surface area contributed by atoms with Crippen LogP contribution in [0.3, 0.4) is 0 Å². The highest BCUT2D eigenvalue weighted by molar-refractivity contribution is 5.77. The summed E-state index contributed by atoms with van der Waals surface area (Å²) in [5.74, 6) is 0.238. The topological polar surface area (TPSA) is 84.9 Å². The van der Waals surface area contributed by atoms with Crippen molar-refractivity contribution in [2.45, 2.75) is 38.9 Å². The Morgan fingerprint density at radius 1 is 0.946 bits per heavy atom. The molecule has 3 aromatic carbocycles. The van der Waals surface area contributed by atoms with E-state index in [2.05, 4.69) is 0 Å². The second-order valence-electron chi connectivity index (χ2n) is 10.3. The number of quaternary nitrogens is 1. The molecule has 3 fully saturated rings. The first-order valence-corrected chi connectivity index (χ1v) is 12.7. The molecule has 1 saturated heterocycles. The molecule has 0 amide bonds. The number of nitrogens with zero attached hydrogens (tertiary/aromatic N) is 1. The Labute approximate surface area is 215 Å². The molecule has 1 aliphatic heterocycles. The normalized spacial score (nSPS) is 25.7. The molecule has 190 valence electrons. The fourth-order valence-electron chi connectivity index (χ4n) is 6.44. The Morgan fingerprint density at radius 2 is 1.54 bits per heavy atom. The van der Waals surface area contributed by atoms with Gasteiger partial charge in [-0.1, -0.05) is 36.4 Å². The van der Waals surface area contributed by atoms with E-state index in [0.29, 0.717) is 22.8 Å². The maximum Gasteiger partial charge on any atom is 0.344 e. The van der Waals surface area contributed by atoms with Crippen LogP contribution < -0.4 is 9.38 Å². The summed E-state index contributed by atoms with van der Waals surface area (Å²) in [6.07, 6.45) is 0.902. The second kappa shape index (κ2) is 9.01. The van der Waals surface area contributed by atoms with Gasteiger partial charge in [0.25, 0.3) is 0 Å². The van der Waals surface area contributed by atoms with E-state index in [9.17, 15) is 14.8 Å². The number of benzene rings is 3. The van der Waals surface area contributed by atoms with Gasteiger partial charge in [-0.2, -0.15) is 0 Å². The summed E-state index contributed by atoms with van der Waals surface area (Å²) in [6, 6.07) is 22.1. The molecule has 7 nitrogen and oxygen atoms in total. The number of para-hydroxylation sites is 2. The van der Waals surface area contributed by atoms with Crippen LogP contribution in [0.2, 0.25) is 0 Å². The molecule has 37 heavy (non-hydrogen) atoms. The number of esters is 2. The van der Waals surface area contributed by atoms with Crippen molar-refractivity contribution in [3.8, 4) is 5.75 Å². The average Bonchev–Trinajstić information content (AvgIpc) is 3.54. The summed E-state index contributed by atoms with van der Waals surface area (Å²) >= 11 is 0. The van der Waals surface area contributed by atoms with Gasteiger partial charge in [-0.15, -0.1) is 0 Å². The number of hydrogen-bond donors (Lipinski definition) is 0. The molecule has 7 heteroatoms. The van der Waals surface area contributed by atoms with Crippen LogP contribution in [0.5, 0.6) is 5.75 Å². The minimum Gasteiger partial charge on any atom is -0.616 e. The van der Waals surface area contributed by atoms with E-state index in [1.165, 1.54) is 0 Å². The summed E-state index contributed by atoms with van der Waals surface area (Å²) in [5, 5.41) is 14.5. The average molecular weight is 500 g/mol. The van der Waals surface area contributed by atoms with Crippen LogP contribution in [0.15, 0.2) is 72.8 Å². The Hall–Kier alpha value is -3.68. The molecule has 0 radical (unpaired) electrons. The first-order chi connectivity index (χ1) is 17.9. The fraction of sp³-hybridized carbons (Fsp3) is 0.333. The molecule has 2 aliphatic carbocycles. The minimum atomic E-state index is -0.753. The summed E-state index contributed by atoms with van der Waals surface area (Å²) in [4.78, 5) is 24.7. The van der Waals surface area contributed by atoms with Crippen LogP contribution in [0.25, 0.3) is 0 Å². The lowest BCUT2D eigenvalue weighted by Crippen LogP contribution is -2.37. The molecule has 2 bridgehead atoms. The molecule has 0 spiro atoms. The molecule has 1 heterocycles. The number of aryl methyl sites for hydroxylation is 2. The van der Waals surface area contributed by atoms with Gasteiger partial charge in [0, 0.05) is 48.2 Å². The highest BCUT2D eigenvalue weighted by Crippen LogP contribution is 2.55. The van der Waals surface area contributed by atoms with Gasteiger partial charge >= 0.3 is 11.9 Å². The van der Waals surface area contributed by atoms with Gasteiger partial charge in [-0.05, 0) is 37.8 Å². The zero-order valence-electron chi connectivity index (χ0n) is 20.8. The van der Waals surface area contributed by atoms with Crippen molar-refractivity contribution in [3.05, 3.63) is 89.1 Å². The van der Waals surface area contributed by atoms with Crippen LogP contribution in [0.4, 0.5) is 17.1 Å². The third-order valence-electron chi connectivity index (χ3n) is 8.06. The summed E-state index contributed by atoms with van der Waals surface area (Å²) in [7, 11) is 0. The molecule has 3 aromatic rings. The van der Waals surface area contributed by atoms with Gasteiger partial charge in [0.15, 0.2) is 6.61 Å². The predicted octanol–water partition coefficient (Wildman–Crippen LogP) is 5.64. The quantitative estimate of drug-likeness (QED) is 0.237. The SMILES string of the molecule is Cc1cc([N+]([O-])(c2ccccc2)c2ccccc2)cc(C)c1OCC(=O)OC1C2CC3C(=O)OC1C3C2. The van der Waals surface area contributed by atoms with Crippen molar-refractivity contribution in [2.75, 3.05) is 6.61 Å². The third-order valence-corrected chi connectivity index (χ3v) is 8.06. The highest BCUT2D eigenvalue weighted by atomic mass is 16.6. The van der Waals surface area contributed by atoms with Crippen molar-refractivity contribution >= 4 is 29.0 Å². The van der Waals surface area contributed by atoms with Crippen LogP contribution in [-0.4, -0.2) is 30.8 Å². The van der Waals surface area contributed by atoms with Gasteiger partial charge in [0.2, 0.25) is 0 Å². The molecule has 3 aliphatic rings. The van der Waals surface area contributed by atoms with E-state index in [4.69, 9.17) is 14.2 Å². The monoisotopic (exact) mass is 499 g/mol. The number of carbonyl (C=O) groups is 2. The van der Waals surface area contributed by atoms with E-state index in [0.717, 1.165) is 24.0 Å². The Bertz CT molecular complexity index is 1280. The first kappa shape index (κ1) is 23.7. The Balaban J connectivity index is 1.21. The number of fused-ring (bicyclic) bond motifs is 1. The second-order valence-corrected chi connectivity index (χ2v) is 10.3. The van der Waals surface area contributed by atoms with Gasteiger partial charge in [-0.3, -0.25) is 9.44 Å². The van der Waals surface area contributed by atoms with Crippen molar-refractivity contribution in [2.24, 2.45) is 17.8 Å². The summed E-state index contributed by atoms with van der Waals surface area (Å²) < 4.78 is 16.4. The first-order valence-electron chi connectivity index (χ1n) is 12.7. The minimum absolute atomic E-state index is 0.0247. The van der Waals surface area contributed by atoms with Crippen molar-refractivity contribution in [1.82, 2.24) is 4.65 Å². The van der Waals surface area contributed by atoms with E-state index < -0.39 is 10.6 Å². The Kier molecular flexibility index (Phi) is 5.77. The van der Waals surface area contributed by atoms with E-state index in [-0.39, 0.29) is 42.5 Å². The number of rotatable bonds is 7. The zero-order chi connectivity index (χ0) is 25.7. The van der Waals surface area contributed by atoms with E-state index >= 15 is 0 Å². The van der Waals surface area contributed by atoms with Crippen LogP contribution in [0, 0.1) is 36.8 Å². The molecule has 2 saturated carbocycles. The van der Waals surface area contributed by atoms with Crippen molar-refractivity contribution in [1.29, 1.82) is 0 Å². The van der Waals surface area contributed by atoms with Crippen LogP contribution in [0.1, 0.15) is 24.0 Å². The molecule has 5 atom stereocenters. The molecular weight excluding hydrogens is 470 g/mol. The van der Waals surface area contributed by atoms with E-state index in [1.807, 2.05) is 86.6 Å². The lowest BCUT2D eigenvalue weighted by molar-refractivity contribution is -0.163. The highest BCUT2D eigenvalue weighted by Gasteiger charge is 2.63. The lowest BCUT2D eigenvalue weighted by atomic mass is 9.88. The van der Waals surface area contributed by atoms with E-state index in [1.54, 1.807) is 0 Å². The maximum absolute atomic E-state index is 14.5. The maximum atomic E-state index is 14.5. The largest absolute Gasteiger partial charge is 0.616 e. The number of hydrogen-bond acceptors (Lipinski definition) is 6. The number of ether oxygens (including phenoxy) is 3. The van der Waals surface area contributed by atoms with Crippen LogP contribution >= 0.6 is 0 Å². The lowest BCUT2D eigenvalue weighted by Gasteiger charge is -2.41. The van der Waals surface area contributed by atoms with Crippen LogP contribution in [-0.2, 0) is 19.1 Å². The summed E-state index contributed by atoms with van der Waals surface area (Å²) in [5.41, 5.74) is 3.22. The smallest absolute Gasteiger partial charge is 0.344 e. The van der Waals surface area contributed by atoms with Gasteiger partial charge < -0.3 is 19.4 Å². The standard InChI is InChI=1S/C30H29NO6/c1-18-13-23(31(34,21-9-5-3-6-10-21)22-11-7-4-8-12-22)14-19(2)27(18)35-17-26(32)36-28-20-15-24-25(16-20)30(33)37-29(24)28/h3-14,20,24-25,28-29H,15-17H2,1-2H3. The Morgan fingerprint density at radius 3 is 2.14 bits per heavy atom. The fourth-order valence-corrected chi connectivity index (χ4v) is 6.44. The molecule has 0 aromatic heterocycles. The van der Waals surface area contributed by atoms with Gasteiger partial charge in [0.1, 0.15) is 35.0 Å². The van der Waals surface area contributed by atoms with Crippen molar-refractivity contribution in [3.63, 3.8) is 0 Å². The zero-order valence-corrected chi connectivity index (χ0v) is 20.8. The van der Waals surface area contributed by atoms with Crippen molar-refractivity contribution < 1.29 is 23.8 Å². The van der Waals surface area contributed by atoms with Gasteiger partial charge in [-0.25, -0.2) is 4.79 Å².